The molecule has 1 heterocycles. The molecule has 0 aliphatic heterocycles. The van der Waals surface area contributed by atoms with E-state index in [1.54, 1.807) is 0 Å². The van der Waals surface area contributed by atoms with Gasteiger partial charge in [0.05, 0.1) is 10.5 Å². The highest BCUT2D eigenvalue weighted by atomic mass is 127. The molecule has 0 unspecified atom stereocenters. The maximum absolute atomic E-state index is 12.4. The number of halogens is 3. The van der Waals surface area contributed by atoms with Crippen LogP contribution in [0.2, 0.25) is 0 Å². The molecule has 0 fully saturated rings. The van der Waals surface area contributed by atoms with Gasteiger partial charge in [-0.3, -0.25) is 14.9 Å². The van der Waals surface area contributed by atoms with Gasteiger partial charge >= 0.3 is 0 Å². The van der Waals surface area contributed by atoms with Crippen LogP contribution in [0.5, 0.6) is 0 Å². The summed E-state index contributed by atoms with van der Waals surface area (Å²) in [5.41, 5.74) is -1.71. The van der Waals surface area contributed by atoms with Crippen LogP contribution in [-0.2, 0) is 0 Å². The zero-order valence-electron chi connectivity index (χ0n) is 6.99. The molecule has 15 heavy (non-hydrogen) atoms. The van der Waals surface area contributed by atoms with Gasteiger partial charge in [0.1, 0.15) is 3.70 Å². The predicted molar refractivity (Wildman–Crippen MR) is 54.0 cm³/mol. The van der Waals surface area contributed by atoms with Gasteiger partial charge in [0.25, 0.3) is 12.1 Å². The van der Waals surface area contributed by atoms with E-state index in [1.807, 2.05) is 0 Å². The van der Waals surface area contributed by atoms with Gasteiger partial charge in [-0.2, -0.15) is 0 Å². The van der Waals surface area contributed by atoms with Crippen LogP contribution >= 0.6 is 22.6 Å². The lowest BCUT2D eigenvalue weighted by molar-refractivity contribution is -0.385. The third-order valence-electron chi connectivity index (χ3n) is 1.55. The summed E-state index contributed by atoms with van der Waals surface area (Å²) in [6.07, 6.45) is -2.70. The number of aromatic nitrogens is 1. The van der Waals surface area contributed by atoms with Crippen molar-refractivity contribution in [3.63, 3.8) is 0 Å². The number of nitrogens with zero attached hydrogens (tertiary/aromatic N) is 2. The highest BCUT2D eigenvalue weighted by molar-refractivity contribution is 14.1. The van der Waals surface area contributed by atoms with Crippen molar-refractivity contribution in [3.8, 4) is 0 Å². The molecule has 1 aromatic heterocycles. The van der Waals surface area contributed by atoms with Crippen LogP contribution < -0.4 is 0 Å². The van der Waals surface area contributed by atoms with E-state index in [0.29, 0.717) is 6.07 Å². The van der Waals surface area contributed by atoms with Crippen molar-refractivity contribution >= 4 is 34.6 Å². The first-order valence-corrected chi connectivity index (χ1v) is 4.63. The third-order valence-corrected chi connectivity index (χ3v) is 2.42. The Morgan fingerprint density at radius 2 is 2.20 bits per heavy atom. The monoisotopic (exact) mass is 328 g/mol. The molecule has 0 aliphatic carbocycles. The minimum Gasteiger partial charge on any atom is -0.296 e. The first-order valence-electron chi connectivity index (χ1n) is 3.55. The quantitative estimate of drug-likeness (QED) is 0.281. The zero-order valence-corrected chi connectivity index (χ0v) is 9.14. The van der Waals surface area contributed by atoms with Crippen molar-refractivity contribution in [2.75, 3.05) is 0 Å². The molecular formula is C7H3F2IN2O3. The number of pyridine rings is 1. The van der Waals surface area contributed by atoms with Crippen LogP contribution in [0.1, 0.15) is 22.5 Å². The lowest BCUT2D eigenvalue weighted by Gasteiger charge is -2.03. The fraction of sp³-hybridized carbons (Fsp3) is 0.143. The Morgan fingerprint density at radius 1 is 1.60 bits per heavy atom. The molecule has 0 aromatic carbocycles. The minimum absolute atomic E-state index is 0.115. The number of rotatable bonds is 3. The van der Waals surface area contributed by atoms with E-state index in [1.165, 1.54) is 22.6 Å². The Morgan fingerprint density at radius 3 is 2.60 bits per heavy atom. The standard InChI is InChI=1S/C7H3F2IN2O3/c8-6(9)3-1-5(12(14)15)4(2-13)11-7(3)10/h1-2,6H. The summed E-state index contributed by atoms with van der Waals surface area (Å²) in [7, 11) is 0. The van der Waals surface area contributed by atoms with Crippen molar-refractivity contribution < 1.29 is 18.5 Å². The highest BCUT2D eigenvalue weighted by Gasteiger charge is 2.22. The van der Waals surface area contributed by atoms with Crippen molar-refractivity contribution in [3.05, 3.63) is 31.1 Å². The van der Waals surface area contributed by atoms with Gasteiger partial charge < -0.3 is 0 Å². The Bertz CT molecular complexity index is 425. The number of carbonyl (C=O) groups excluding carboxylic acids is 1. The molecule has 0 spiro atoms. The van der Waals surface area contributed by atoms with Crippen LogP contribution in [-0.4, -0.2) is 16.2 Å². The van der Waals surface area contributed by atoms with Crippen molar-refractivity contribution in [2.45, 2.75) is 6.43 Å². The van der Waals surface area contributed by atoms with Crippen LogP contribution in [0.4, 0.5) is 14.5 Å². The molecule has 0 atom stereocenters. The normalized spacial score (nSPS) is 10.4. The van der Waals surface area contributed by atoms with Crippen molar-refractivity contribution in [2.24, 2.45) is 0 Å². The first-order chi connectivity index (χ1) is 6.97. The smallest absolute Gasteiger partial charge is 0.296 e. The second kappa shape index (κ2) is 4.55. The number of nitro groups is 1. The SMILES string of the molecule is O=Cc1nc(I)c(C(F)F)cc1[N+](=O)[O-]. The summed E-state index contributed by atoms with van der Waals surface area (Å²) >= 11 is 1.49. The van der Waals surface area contributed by atoms with E-state index >= 15 is 0 Å². The van der Waals surface area contributed by atoms with Crippen LogP contribution in [0.15, 0.2) is 6.07 Å². The molecule has 0 aliphatic rings. The number of hydrogen-bond donors (Lipinski definition) is 0. The van der Waals surface area contributed by atoms with Crippen molar-refractivity contribution in [1.82, 2.24) is 4.98 Å². The Hall–Kier alpha value is -1.19. The lowest BCUT2D eigenvalue weighted by Crippen LogP contribution is -2.03. The fourth-order valence-corrected chi connectivity index (χ4v) is 1.55. The summed E-state index contributed by atoms with van der Waals surface area (Å²) < 4.78 is 24.6. The summed E-state index contributed by atoms with van der Waals surface area (Å²) in [5.74, 6) is 0. The van der Waals surface area contributed by atoms with Gasteiger partial charge in [-0.25, -0.2) is 13.8 Å². The number of carbonyl (C=O) groups is 1. The molecule has 0 N–H and O–H groups in total. The molecule has 1 rings (SSSR count). The van der Waals surface area contributed by atoms with E-state index in [-0.39, 0.29) is 9.99 Å². The van der Waals surface area contributed by atoms with E-state index in [9.17, 15) is 23.7 Å². The van der Waals surface area contributed by atoms with Gasteiger partial charge in [-0.15, -0.1) is 0 Å². The maximum atomic E-state index is 12.4. The summed E-state index contributed by atoms with van der Waals surface area (Å²) in [4.78, 5) is 23.3. The number of hydrogen-bond acceptors (Lipinski definition) is 4. The van der Waals surface area contributed by atoms with Gasteiger partial charge in [0, 0.05) is 6.07 Å². The molecule has 0 amide bonds. The summed E-state index contributed by atoms with van der Waals surface area (Å²) in [6, 6.07) is 0.670. The van der Waals surface area contributed by atoms with Crippen LogP contribution in [0.25, 0.3) is 0 Å². The molecule has 5 nitrogen and oxygen atoms in total. The fourth-order valence-electron chi connectivity index (χ4n) is 0.894. The lowest BCUT2D eigenvalue weighted by atomic mass is 10.2. The van der Waals surface area contributed by atoms with Gasteiger partial charge in [0.2, 0.25) is 0 Å². The van der Waals surface area contributed by atoms with E-state index < -0.39 is 28.3 Å². The number of alkyl halides is 2. The van der Waals surface area contributed by atoms with Gasteiger partial charge in [-0.05, 0) is 22.6 Å². The molecule has 0 radical (unpaired) electrons. The molecule has 8 heteroatoms. The van der Waals surface area contributed by atoms with E-state index in [4.69, 9.17) is 0 Å². The molecule has 0 bridgehead atoms. The van der Waals surface area contributed by atoms with E-state index in [2.05, 4.69) is 4.98 Å². The Balaban J connectivity index is 3.43. The second-order valence-electron chi connectivity index (χ2n) is 2.45. The van der Waals surface area contributed by atoms with E-state index in [0.717, 1.165) is 0 Å². The number of aldehydes is 1. The third kappa shape index (κ3) is 2.43. The Labute approximate surface area is 95.8 Å². The predicted octanol–water partition coefficient (Wildman–Crippen LogP) is 2.34. The maximum Gasteiger partial charge on any atom is 0.298 e. The van der Waals surface area contributed by atoms with Gasteiger partial charge in [-0.1, -0.05) is 0 Å². The largest absolute Gasteiger partial charge is 0.298 e. The first kappa shape index (κ1) is 11.9. The topological polar surface area (TPSA) is 73.1 Å². The minimum atomic E-state index is -2.86. The summed E-state index contributed by atoms with van der Waals surface area (Å²) in [5, 5.41) is 10.4. The molecule has 80 valence electrons. The second-order valence-corrected chi connectivity index (χ2v) is 3.47. The zero-order chi connectivity index (χ0) is 11.6. The molecule has 0 saturated heterocycles. The molecular weight excluding hydrogens is 325 g/mol. The van der Waals surface area contributed by atoms with Gasteiger partial charge in [0.15, 0.2) is 12.0 Å². The molecule has 0 saturated carbocycles. The average molecular weight is 328 g/mol. The van der Waals surface area contributed by atoms with Crippen LogP contribution in [0, 0.1) is 13.8 Å². The Kier molecular flexibility index (Phi) is 3.61. The molecule has 1 aromatic rings. The highest BCUT2D eigenvalue weighted by Crippen LogP contribution is 2.28. The van der Waals surface area contributed by atoms with Crippen molar-refractivity contribution in [1.29, 1.82) is 0 Å². The average Bonchev–Trinajstić information content (AvgIpc) is 2.16. The summed E-state index contributed by atoms with van der Waals surface area (Å²) in [6.45, 7) is 0. The van der Waals surface area contributed by atoms with Crippen LogP contribution in [0.3, 0.4) is 0 Å².